The molecule has 3 nitrogen and oxygen atoms in total. The van der Waals surface area contributed by atoms with Crippen LogP contribution in [-0.4, -0.2) is 9.55 Å². The zero-order chi connectivity index (χ0) is 13.0. The lowest BCUT2D eigenvalue weighted by molar-refractivity contribution is 0.452. The van der Waals surface area contributed by atoms with E-state index in [4.69, 9.17) is 5.73 Å². The fourth-order valence-corrected chi connectivity index (χ4v) is 2.37. The lowest BCUT2D eigenvalue weighted by Gasteiger charge is -2.21. The van der Waals surface area contributed by atoms with Crippen LogP contribution in [0.3, 0.4) is 0 Å². The fourth-order valence-electron chi connectivity index (χ4n) is 2.37. The van der Waals surface area contributed by atoms with Crippen LogP contribution in [0.2, 0.25) is 0 Å². The number of aromatic nitrogens is 2. The van der Waals surface area contributed by atoms with E-state index < -0.39 is 0 Å². The molecule has 1 unspecified atom stereocenters. The van der Waals surface area contributed by atoms with Gasteiger partial charge in [-0.25, -0.2) is 4.98 Å². The lowest BCUT2D eigenvalue weighted by atomic mass is 10.0. The standard InChI is InChI=1S/C15H21N3/c1-3-13(4-2)18-11-17-10-14(18)15(16)12-8-6-5-7-9-12/h5-11,13,15H,3-4,16H2,1-2H3. The van der Waals surface area contributed by atoms with Crippen LogP contribution in [0, 0.1) is 0 Å². The molecule has 0 aliphatic heterocycles. The number of hydrogen-bond acceptors (Lipinski definition) is 2. The van der Waals surface area contributed by atoms with E-state index in [2.05, 4.69) is 35.5 Å². The molecule has 0 aliphatic carbocycles. The van der Waals surface area contributed by atoms with Crippen molar-refractivity contribution in [1.82, 2.24) is 9.55 Å². The molecule has 0 saturated carbocycles. The van der Waals surface area contributed by atoms with Crippen LogP contribution in [0.4, 0.5) is 0 Å². The van der Waals surface area contributed by atoms with E-state index in [1.807, 2.05) is 30.7 Å². The second kappa shape index (κ2) is 5.83. The second-order valence-corrected chi connectivity index (χ2v) is 4.58. The molecule has 0 fully saturated rings. The van der Waals surface area contributed by atoms with Gasteiger partial charge in [-0.05, 0) is 18.4 Å². The van der Waals surface area contributed by atoms with Crippen LogP contribution in [0.5, 0.6) is 0 Å². The van der Waals surface area contributed by atoms with Crippen LogP contribution in [-0.2, 0) is 0 Å². The maximum Gasteiger partial charge on any atom is 0.0951 e. The molecule has 2 rings (SSSR count). The Hall–Kier alpha value is -1.61. The van der Waals surface area contributed by atoms with Crippen molar-refractivity contribution < 1.29 is 0 Å². The molecule has 0 bridgehead atoms. The summed E-state index contributed by atoms with van der Waals surface area (Å²) in [5, 5.41) is 0. The van der Waals surface area contributed by atoms with Gasteiger partial charge in [0.2, 0.25) is 0 Å². The highest BCUT2D eigenvalue weighted by Gasteiger charge is 2.17. The van der Waals surface area contributed by atoms with E-state index in [1.165, 1.54) is 0 Å². The number of imidazole rings is 1. The Morgan fingerprint density at radius 2 is 1.83 bits per heavy atom. The Labute approximate surface area is 109 Å². The molecule has 1 aromatic heterocycles. The maximum atomic E-state index is 6.35. The van der Waals surface area contributed by atoms with Crippen LogP contribution < -0.4 is 5.73 Å². The van der Waals surface area contributed by atoms with Gasteiger partial charge in [-0.2, -0.15) is 0 Å². The molecule has 0 saturated heterocycles. The number of hydrogen-bond donors (Lipinski definition) is 1. The van der Waals surface area contributed by atoms with Crippen molar-refractivity contribution in [1.29, 1.82) is 0 Å². The van der Waals surface area contributed by atoms with E-state index in [0.29, 0.717) is 6.04 Å². The zero-order valence-electron chi connectivity index (χ0n) is 11.1. The van der Waals surface area contributed by atoms with Gasteiger partial charge in [0.05, 0.1) is 24.3 Å². The number of nitrogens with zero attached hydrogens (tertiary/aromatic N) is 2. The molecule has 2 aromatic rings. The van der Waals surface area contributed by atoms with Crippen LogP contribution in [0.25, 0.3) is 0 Å². The number of benzene rings is 1. The summed E-state index contributed by atoms with van der Waals surface area (Å²) in [5.41, 5.74) is 8.57. The van der Waals surface area contributed by atoms with Crippen LogP contribution in [0.15, 0.2) is 42.9 Å². The first-order chi connectivity index (χ1) is 8.77. The van der Waals surface area contributed by atoms with Gasteiger partial charge in [-0.1, -0.05) is 44.2 Å². The summed E-state index contributed by atoms with van der Waals surface area (Å²) in [6, 6.07) is 10.6. The third kappa shape index (κ3) is 2.46. The fraction of sp³-hybridized carbons (Fsp3) is 0.400. The Bertz CT molecular complexity index is 471. The minimum atomic E-state index is -0.103. The molecular weight excluding hydrogens is 222 g/mol. The Kier molecular flexibility index (Phi) is 4.15. The van der Waals surface area contributed by atoms with Crippen molar-refractivity contribution in [2.75, 3.05) is 0 Å². The second-order valence-electron chi connectivity index (χ2n) is 4.58. The molecule has 1 aromatic carbocycles. The van der Waals surface area contributed by atoms with Crippen molar-refractivity contribution in [3.63, 3.8) is 0 Å². The van der Waals surface area contributed by atoms with E-state index >= 15 is 0 Å². The first kappa shape index (κ1) is 12.8. The molecule has 0 spiro atoms. The Balaban J connectivity index is 2.32. The van der Waals surface area contributed by atoms with Gasteiger partial charge in [0, 0.05) is 6.04 Å². The van der Waals surface area contributed by atoms with Gasteiger partial charge in [0.25, 0.3) is 0 Å². The summed E-state index contributed by atoms with van der Waals surface area (Å²) in [4.78, 5) is 4.27. The molecule has 3 heteroatoms. The average Bonchev–Trinajstić information content (AvgIpc) is 2.90. The van der Waals surface area contributed by atoms with E-state index in [9.17, 15) is 0 Å². The Morgan fingerprint density at radius 3 is 2.44 bits per heavy atom. The summed E-state index contributed by atoms with van der Waals surface area (Å²) in [7, 11) is 0. The normalized spacial score (nSPS) is 12.9. The van der Waals surface area contributed by atoms with Crippen molar-refractivity contribution in [3.8, 4) is 0 Å². The predicted molar refractivity (Wildman–Crippen MR) is 74.3 cm³/mol. The largest absolute Gasteiger partial charge is 0.330 e. The SMILES string of the molecule is CCC(CC)n1cncc1C(N)c1ccccc1. The summed E-state index contributed by atoms with van der Waals surface area (Å²) in [5.74, 6) is 0. The molecule has 18 heavy (non-hydrogen) atoms. The highest BCUT2D eigenvalue weighted by Crippen LogP contribution is 2.24. The molecule has 1 heterocycles. The van der Waals surface area contributed by atoms with Crippen molar-refractivity contribution >= 4 is 0 Å². The van der Waals surface area contributed by atoms with Gasteiger partial charge in [-0.3, -0.25) is 0 Å². The first-order valence-corrected chi connectivity index (χ1v) is 6.60. The lowest BCUT2D eigenvalue weighted by Crippen LogP contribution is -2.19. The Morgan fingerprint density at radius 1 is 1.17 bits per heavy atom. The van der Waals surface area contributed by atoms with Crippen LogP contribution in [0.1, 0.15) is 50.0 Å². The monoisotopic (exact) mass is 243 g/mol. The van der Waals surface area contributed by atoms with E-state index in [-0.39, 0.29) is 6.04 Å². The minimum absolute atomic E-state index is 0.103. The summed E-state index contributed by atoms with van der Waals surface area (Å²) in [6.45, 7) is 4.40. The summed E-state index contributed by atoms with van der Waals surface area (Å²) >= 11 is 0. The minimum Gasteiger partial charge on any atom is -0.330 e. The third-order valence-corrected chi connectivity index (χ3v) is 3.51. The summed E-state index contributed by atoms with van der Waals surface area (Å²) < 4.78 is 2.22. The van der Waals surface area contributed by atoms with Crippen molar-refractivity contribution in [3.05, 3.63) is 54.1 Å². The van der Waals surface area contributed by atoms with E-state index in [0.717, 1.165) is 24.1 Å². The zero-order valence-corrected chi connectivity index (χ0v) is 11.1. The summed E-state index contributed by atoms with van der Waals surface area (Å²) in [6.07, 6.45) is 5.98. The predicted octanol–water partition coefficient (Wildman–Crippen LogP) is 3.29. The third-order valence-electron chi connectivity index (χ3n) is 3.51. The molecule has 0 radical (unpaired) electrons. The average molecular weight is 243 g/mol. The molecule has 0 aliphatic rings. The molecule has 2 N–H and O–H groups in total. The topological polar surface area (TPSA) is 43.8 Å². The molecular formula is C15H21N3. The highest BCUT2D eigenvalue weighted by molar-refractivity contribution is 5.26. The van der Waals surface area contributed by atoms with Crippen LogP contribution >= 0.6 is 0 Å². The maximum absolute atomic E-state index is 6.35. The first-order valence-electron chi connectivity index (χ1n) is 6.60. The molecule has 1 atom stereocenters. The quantitative estimate of drug-likeness (QED) is 0.875. The van der Waals surface area contributed by atoms with Crippen molar-refractivity contribution in [2.45, 2.75) is 38.8 Å². The van der Waals surface area contributed by atoms with Gasteiger partial charge >= 0.3 is 0 Å². The highest BCUT2D eigenvalue weighted by atomic mass is 15.1. The van der Waals surface area contributed by atoms with Gasteiger partial charge in [-0.15, -0.1) is 0 Å². The number of nitrogens with two attached hydrogens (primary N) is 1. The molecule has 96 valence electrons. The van der Waals surface area contributed by atoms with Gasteiger partial charge in [0.1, 0.15) is 0 Å². The van der Waals surface area contributed by atoms with E-state index in [1.54, 1.807) is 0 Å². The smallest absolute Gasteiger partial charge is 0.0951 e. The van der Waals surface area contributed by atoms with Crippen molar-refractivity contribution in [2.24, 2.45) is 5.73 Å². The van der Waals surface area contributed by atoms with Gasteiger partial charge in [0.15, 0.2) is 0 Å². The number of rotatable bonds is 5. The van der Waals surface area contributed by atoms with Gasteiger partial charge < -0.3 is 10.3 Å². The molecule has 0 amide bonds.